The van der Waals surface area contributed by atoms with Crippen molar-refractivity contribution in [2.45, 2.75) is 13.3 Å². The third kappa shape index (κ3) is 6.80. The summed E-state index contributed by atoms with van der Waals surface area (Å²) < 4.78 is 24.9. The van der Waals surface area contributed by atoms with Gasteiger partial charge in [0.25, 0.3) is 10.1 Å². The predicted octanol–water partition coefficient (Wildman–Crippen LogP) is -0.00820. The fourth-order valence-corrected chi connectivity index (χ4v) is 1.000. The van der Waals surface area contributed by atoms with Gasteiger partial charge in [-0.1, -0.05) is 6.92 Å². The van der Waals surface area contributed by atoms with E-state index in [0.29, 0.717) is 6.42 Å². The third-order valence-electron chi connectivity index (χ3n) is 0.708. The van der Waals surface area contributed by atoms with Crippen molar-refractivity contribution in [3.8, 4) is 0 Å². The molecule has 0 amide bonds. The van der Waals surface area contributed by atoms with E-state index in [1.807, 2.05) is 0 Å². The van der Waals surface area contributed by atoms with Crippen LogP contribution in [0.5, 0.6) is 0 Å². The van der Waals surface area contributed by atoms with Crippen molar-refractivity contribution in [2.75, 3.05) is 12.9 Å². The van der Waals surface area contributed by atoms with Gasteiger partial charge in [-0.05, 0) is 6.42 Å². The summed E-state index contributed by atoms with van der Waals surface area (Å²) in [6, 6.07) is 0. The summed E-state index contributed by atoms with van der Waals surface area (Å²) in [5.41, 5.74) is 0. The average molecular weight is 161 g/mol. The molecule has 0 aromatic heterocycles. The summed E-state index contributed by atoms with van der Waals surface area (Å²) >= 11 is 0. The van der Waals surface area contributed by atoms with Crippen LogP contribution in [0.4, 0.5) is 0 Å². The second-order valence-electron chi connectivity index (χ2n) is 1.43. The Morgan fingerprint density at radius 2 is 1.89 bits per heavy atom. The van der Waals surface area contributed by atoms with Crippen LogP contribution < -0.4 is 0 Å². The third-order valence-corrected chi connectivity index (χ3v) is 2.12. The van der Waals surface area contributed by atoms with Gasteiger partial charge in [-0.2, -0.15) is 8.42 Å². The van der Waals surface area contributed by atoms with Crippen LogP contribution in [0.2, 0.25) is 0 Å². The van der Waals surface area contributed by atoms with Crippen LogP contribution in [0.1, 0.15) is 13.3 Å². The zero-order valence-corrected chi connectivity index (χ0v) is 8.86. The predicted molar refractivity (Wildman–Crippen MR) is 36.8 cm³/mol. The van der Waals surface area contributed by atoms with Crippen molar-refractivity contribution < 1.29 is 12.6 Å². The summed E-state index contributed by atoms with van der Waals surface area (Å²) in [5, 5.41) is 0. The monoisotopic (exact) mass is 161 g/mol. The molecular weight excluding hydrogens is 151 g/mol. The SMILES string of the molecule is CCCS(=O)(=O)OC.[Na]. The van der Waals surface area contributed by atoms with Gasteiger partial charge in [0.2, 0.25) is 0 Å². The number of hydrogen-bond acceptors (Lipinski definition) is 3. The molecule has 51 valence electrons. The maximum absolute atomic E-state index is 10.4. The molecule has 0 aliphatic heterocycles. The minimum Gasteiger partial charge on any atom is -0.273 e. The van der Waals surface area contributed by atoms with Crippen molar-refractivity contribution in [3.05, 3.63) is 0 Å². The zero-order valence-electron chi connectivity index (χ0n) is 6.05. The molecule has 3 nitrogen and oxygen atoms in total. The Morgan fingerprint density at radius 1 is 1.44 bits per heavy atom. The number of hydrogen-bond donors (Lipinski definition) is 0. The molecule has 0 spiro atoms. The van der Waals surface area contributed by atoms with E-state index in [0.717, 1.165) is 0 Å². The standard InChI is InChI=1S/C4H10O3S.Na/c1-3-4-8(5,6)7-2;/h3-4H2,1-2H3;. The normalized spacial score (nSPS) is 10.4. The minimum atomic E-state index is -3.17. The molecule has 0 fully saturated rings. The molecule has 0 heterocycles. The molecule has 0 aromatic carbocycles. The maximum atomic E-state index is 10.4. The van der Waals surface area contributed by atoms with Gasteiger partial charge < -0.3 is 0 Å². The van der Waals surface area contributed by atoms with Crippen molar-refractivity contribution in [2.24, 2.45) is 0 Å². The van der Waals surface area contributed by atoms with Crippen LogP contribution in [-0.4, -0.2) is 50.8 Å². The molecule has 0 atom stereocenters. The Balaban J connectivity index is 0. The molecule has 9 heavy (non-hydrogen) atoms. The molecule has 0 aliphatic carbocycles. The van der Waals surface area contributed by atoms with Gasteiger partial charge in [-0.3, -0.25) is 4.18 Å². The van der Waals surface area contributed by atoms with Gasteiger partial charge in [-0.15, -0.1) is 0 Å². The van der Waals surface area contributed by atoms with E-state index >= 15 is 0 Å². The second-order valence-corrected chi connectivity index (χ2v) is 3.29. The molecule has 0 aromatic rings. The van der Waals surface area contributed by atoms with Crippen LogP contribution >= 0.6 is 0 Å². The minimum absolute atomic E-state index is 0. The van der Waals surface area contributed by atoms with Crippen molar-refractivity contribution in [1.29, 1.82) is 0 Å². The summed E-state index contributed by atoms with van der Waals surface area (Å²) in [4.78, 5) is 0. The first-order valence-electron chi connectivity index (χ1n) is 2.40. The largest absolute Gasteiger partial charge is 0.273 e. The second kappa shape index (κ2) is 5.68. The van der Waals surface area contributed by atoms with Gasteiger partial charge in [0.05, 0.1) is 12.9 Å². The Labute approximate surface area is 78.2 Å². The van der Waals surface area contributed by atoms with E-state index in [1.54, 1.807) is 6.92 Å². The topological polar surface area (TPSA) is 43.4 Å². The van der Waals surface area contributed by atoms with Gasteiger partial charge in [-0.25, -0.2) is 0 Å². The molecule has 0 saturated heterocycles. The molecule has 5 heteroatoms. The van der Waals surface area contributed by atoms with Crippen LogP contribution in [0.3, 0.4) is 0 Å². The molecule has 1 radical (unpaired) electrons. The van der Waals surface area contributed by atoms with Gasteiger partial charge in [0, 0.05) is 29.6 Å². The molecule has 0 N–H and O–H groups in total. The fourth-order valence-electron chi connectivity index (χ4n) is 0.333. The Morgan fingerprint density at radius 3 is 2.00 bits per heavy atom. The van der Waals surface area contributed by atoms with Gasteiger partial charge in [0.1, 0.15) is 0 Å². The molecule has 0 unspecified atom stereocenters. The average Bonchev–Trinajstić information content (AvgIpc) is 1.67. The first-order valence-corrected chi connectivity index (χ1v) is 3.98. The first-order chi connectivity index (χ1) is 3.62. The first kappa shape index (κ1) is 12.6. The molecule has 0 aliphatic rings. The van der Waals surface area contributed by atoms with E-state index < -0.39 is 10.1 Å². The summed E-state index contributed by atoms with van der Waals surface area (Å²) in [6.07, 6.45) is 0.607. The quantitative estimate of drug-likeness (QED) is 0.432. The van der Waals surface area contributed by atoms with Crippen molar-refractivity contribution >= 4 is 39.7 Å². The van der Waals surface area contributed by atoms with Gasteiger partial charge in [0.15, 0.2) is 0 Å². The Hall–Kier alpha value is 0.910. The van der Waals surface area contributed by atoms with E-state index in [9.17, 15) is 8.42 Å². The van der Waals surface area contributed by atoms with E-state index in [1.165, 1.54) is 7.11 Å². The van der Waals surface area contributed by atoms with E-state index in [-0.39, 0.29) is 35.3 Å². The summed E-state index contributed by atoms with van der Waals surface area (Å²) in [7, 11) is -2.00. The smallest absolute Gasteiger partial charge is 0.267 e. The van der Waals surface area contributed by atoms with E-state index in [4.69, 9.17) is 0 Å². The van der Waals surface area contributed by atoms with Crippen LogP contribution in [0.25, 0.3) is 0 Å². The van der Waals surface area contributed by atoms with Crippen LogP contribution in [0, 0.1) is 0 Å². The summed E-state index contributed by atoms with van der Waals surface area (Å²) in [5.74, 6) is 0.115. The summed E-state index contributed by atoms with van der Waals surface area (Å²) in [6.45, 7) is 1.79. The number of rotatable bonds is 3. The fraction of sp³-hybridized carbons (Fsp3) is 1.00. The van der Waals surface area contributed by atoms with Crippen LogP contribution in [-0.2, 0) is 14.3 Å². The van der Waals surface area contributed by atoms with Gasteiger partial charge >= 0.3 is 0 Å². The molecule has 0 saturated carbocycles. The molecule has 0 bridgehead atoms. The Bertz CT molecular complexity index is 140. The molecule has 0 rings (SSSR count). The zero-order chi connectivity index (χ0) is 6.62. The van der Waals surface area contributed by atoms with Crippen molar-refractivity contribution in [1.82, 2.24) is 0 Å². The molecular formula is C4H10NaO3S. The Kier molecular flexibility index (Phi) is 7.93. The van der Waals surface area contributed by atoms with Crippen LogP contribution in [0.15, 0.2) is 0 Å². The van der Waals surface area contributed by atoms with E-state index in [2.05, 4.69) is 4.18 Å². The maximum Gasteiger partial charge on any atom is 0.267 e. The van der Waals surface area contributed by atoms with Crippen molar-refractivity contribution in [3.63, 3.8) is 0 Å².